The largest absolute Gasteiger partial charge is 0.385 e. The Bertz CT molecular complexity index is 553. The van der Waals surface area contributed by atoms with Gasteiger partial charge in [-0.15, -0.1) is 0 Å². The predicted octanol–water partition coefficient (Wildman–Crippen LogP) is 4.21. The van der Waals surface area contributed by atoms with Gasteiger partial charge in [-0.25, -0.2) is 8.78 Å². The van der Waals surface area contributed by atoms with Crippen LogP contribution in [0.25, 0.3) is 0 Å². The topological polar surface area (TPSA) is 24.1 Å². The molecule has 2 nitrogen and oxygen atoms in total. The van der Waals surface area contributed by atoms with Gasteiger partial charge < -0.3 is 10.6 Å². The van der Waals surface area contributed by atoms with Crippen molar-refractivity contribution < 1.29 is 8.78 Å². The molecule has 2 N–H and O–H groups in total. The lowest BCUT2D eigenvalue weighted by Gasteiger charge is -2.08. The predicted molar refractivity (Wildman–Crippen MR) is 82.6 cm³/mol. The zero-order valence-electron chi connectivity index (χ0n) is 11.5. The van der Waals surface area contributed by atoms with Crippen LogP contribution >= 0.6 is 11.6 Å². The fraction of sp³-hybridized carbons (Fsp3) is 0.250. The van der Waals surface area contributed by atoms with E-state index in [1.165, 1.54) is 12.1 Å². The minimum atomic E-state index is -0.545. The third kappa shape index (κ3) is 5.69. The Morgan fingerprint density at radius 3 is 2.24 bits per heavy atom. The van der Waals surface area contributed by atoms with E-state index in [0.717, 1.165) is 31.3 Å². The monoisotopic (exact) mass is 310 g/mol. The molecular formula is C16H17ClF2N2. The molecule has 0 aliphatic rings. The standard InChI is InChI=1S/C16H17ClF2N2/c17-13-2-4-16(5-3-13)21-7-1-6-20-11-12-8-14(18)10-15(19)9-12/h2-5,8-10,20-21H,1,6-7,11H2. The molecule has 21 heavy (non-hydrogen) atoms. The molecular weight excluding hydrogens is 294 g/mol. The quantitative estimate of drug-likeness (QED) is 0.749. The van der Waals surface area contributed by atoms with E-state index in [0.29, 0.717) is 17.1 Å². The summed E-state index contributed by atoms with van der Waals surface area (Å²) in [4.78, 5) is 0. The number of nitrogens with one attached hydrogen (secondary N) is 2. The number of anilines is 1. The number of hydrogen-bond acceptors (Lipinski definition) is 2. The molecule has 0 spiro atoms. The number of hydrogen-bond donors (Lipinski definition) is 2. The average Bonchev–Trinajstić information content (AvgIpc) is 2.43. The molecule has 0 aliphatic carbocycles. The second-order valence-corrected chi connectivity index (χ2v) is 5.18. The Morgan fingerprint density at radius 1 is 0.905 bits per heavy atom. The van der Waals surface area contributed by atoms with Gasteiger partial charge in [-0.2, -0.15) is 0 Å². The summed E-state index contributed by atoms with van der Waals surface area (Å²) in [7, 11) is 0. The Hall–Kier alpha value is -1.65. The van der Waals surface area contributed by atoms with Crippen molar-refractivity contribution in [2.75, 3.05) is 18.4 Å². The van der Waals surface area contributed by atoms with Crippen LogP contribution < -0.4 is 10.6 Å². The highest BCUT2D eigenvalue weighted by molar-refractivity contribution is 6.30. The second-order valence-electron chi connectivity index (χ2n) is 4.74. The smallest absolute Gasteiger partial charge is 0.126 e. The maximum Gasteiger partial charge on any atom is 0.126 e. The normalized spacial score (nSPS) is 10.6. The first-order valence-electron chi connectivity index (χ1n) is 6.78. The van der Waals surface area contributed by atoms with Gasteiger partial charge in [0.05, 0.1) is 0 Å². The highest BCUT2D eigenvalue weighted by Gasteiger charge is 2.00. The third-order valence-electron chi connectivity index (χ3n) is 2.96. The van der Waals surface area contributed by atoms with E-state index in [9.17, 15) is 8.78 Å². The van der Waals surface area contributed by atoms with Crippen LogP contribution in [0.1, 0.15) is 12.0 Å². The van der Waals surface area contributed by atoms with E-state index in [1.807, 2.05) is 24.3 Å². The van der Waals surface area contributed by atoms with Gasteiger partial charge >= 0.3 is 0 Å². The van der Waals surface area contributed by atoms with Crippen molar-refractivity contribution in [1.82, 2.24) is 5.32 Å². The van der Waals surface area contributed by atoms with E-state index in [1.54, 1.807) is 0 Å². The first-order chi connectivity index (χ1) is 10.1. The van der Waals surface area contributed by atoms with Gasteiger partial charge in [0, 0.05) is 29.9 Å². The minimum absolute atomic E-state index is 0.454. The summed E-state index contributed by atoms with van der Waals surface area (Å²) < 4.78 is 26.0. The Labute approximate surface area is 128 Å². The lowest BCUT2D eigenvalue weighted by molar-refractivity contribution is 0.574. The van der Waals surface area contributed by atoms with Crippen molar-refractivity contribution in [2.24, 2.45) is 0 Å². The highest BCUT2D eigenvalue weighted by Crippen LogP contribution is 2.13. The summed E-state index contributed by atoms with van der Waals surface area (Å²) in [5, 5.41) is 7.14. The van der Waals surface area contributed by atoms with Gasteiger partial charge in [0.25, 0.3) is 0 Å². The van der Waals surface area contributed by atoms with Gasteiger partial charge in [-0.1, -0.05) is 11.6 Å². The lowest BCUT2D eigenvalue weighted by atomic mass is 10.2. The molecule has 0 bridgehead atoms. The van der Waals surface area contributed by atoms with Crippen LogP contribution in [0.5, 0.6) is 0 Å². The van der Waals surface area contributed by atoms with Crippen molar-refractivity contribution in [3.8, 4) is 0 Å². The second kappa shape index (κ2) is 7.96. The summed E-state index contributed by atoms with van der Waals surface area (Å²) in [5.74, 6) is -1.09. The molecule has 0 aromatic heterocycles. The van der Waals surface area contributed by atoms with Crippen LogP contribution in [0.4, 0.5) is 14.5 Å². The third-order valence-corrected chi connectivity index (χ3v) is 3.21. The summed E-state index contributed by atoms with van der Waals surface area (Å²) in [6.45, 7) is 2.03. The van der Waals surface area contributed by atoms with Crippen molar-refractivity contribution in [1.29, 1.82) is 0 Å². The van der Waals surface area contributed by atoms with Crippen molar-refractivity contribution in [2.45, 2.75) is 13.0 Å². The van der Waals surface area contributed by atoms with Gasteiger partial charge in [0.2, 0.25) is 0 Å². The van der Waals surface area contributed by atoms with Gasteiger partial charge in [-0.05, 0) is 54.9 Å². The molecule has 0 fully saturated rings. The summed E-state index contributed by atoms with van der Waals surface area (Å²) in [5.41, 5.74) is 1.63. The van der Waals surface area contributed by atoms with E-state index < -0.39 is 11.6 Å². The molecule has 2 aromatic carbocycles. The molecule has 0 heterocycles. The maximum atomic E-state index is 13.0. The first-order valence-corrected chi connectivity index (χ1v) is 7.16. The van der Waals surface area contributed by atoms with Crippen molar-refractivity contribution >= 4 is 17.3 Å². The Kier molecular flexibility index (Phi) is 5.96. The van der Waals surface area contributed by atoms with Crippen LogP contribution in [0.3, 0.4) is 0 Å². The van der Waals surface area contributed by atoms with Crippen molar-refractivity contribution in [3.63, 3.8) is 0 Å². The first kappa shape index (κ1) is 15.7. The molecule has 0 unspecified atom stereocenters. The number of halogens is 3. The van der Waals surface area contributed by atoms with Gasteiger partial charge in [0.1, 0.15) is 11.6 Å². The zero-order valence-corrected chi connectivity index (χ0v) is 12.3. The maximum absolute atomic E-state index is 13.0. The highest BCUT2D eigenvalue weighted by atomic mass is 35.5. The van der Waals surface area contributed by atoms with E-state index in [2.05, 4.69) is 10.6 Å². The summed E-state index contributed by atoms with van der Waals surface area (Å²) in [6.07, 6.45) is 0.903. The molecule has 0 saturated carbocycles. The summed E-state index contributed by atoms with van der Waals surface area (Å²) >= 11 is 5.80. The fourth-order valence-electron chi connectivity index (χ4n) is 1.96. The molecule has 112 valence electrons. The van der Waals surface area contributed by atoms with E-state index in [-0.39, 0.29) is 0 Å². The lowest BCUT2D eigenvalue weighted by Crippen LogP contribution is -2.17. The molecule has 5 heteroatoms. The fourth-order valence-corrected chi connectivity index (χ4v) is 2.09. The van der Waals surface area contributed by atoms with E-state index >= 15 is 0 Å². The molecule has 0 radical (unpaired) electrons. The van der Waals surface area contributed by atoms with Crippen LogP contribution in [0, 0.1) is 11.6 Å². The Morgan fingerprint density at radius 2 is 1.57 bits per heavy atom. The van der Waals surface area contributed by atoms with E-state index in [4.69, 9.17) is 11.6 Å². The van der Waals surface area contributed by atoms with Crippen molar-refractivity contribution in [3.05, 3.63) is 64.7 Å². The van der Waals surface area contributed by atoms with Crippen LogP contribution in [-0.2, 0) is 6.54 Å². The molecule has 2 rings (SSSR count). The summed E-state index contributed by atoms with van der Waals surface area (Å²) in [6, 6.07) is 11.1. The van der Waals surface area contributed by atoms with Gasteiger partial charge in [-0.3, -0.25) is 0 Å². The molecule has 0 atom stereocenters. The van der Waals surface area contributed by atoms with Crippen LogP contribution in [0.2, 0.25) is 5.02 Å². The Balaban J connectivity index is 1.62. The molecule has 0 saturated heterocycles. The van der Waals surface area contributed by atoms with Crippen LogP contribution in [0.15, 0.2) is 42.5 Å². The SMILES string of the molecule is Fc1cc(F)cc(CNCCCNc2ccc(Cl)cc2)c1. The molecule has 2 aromatic rings. The average molecular weight is 311 g/mol. The molecule has 0 amide bonds. The minimum Gasteiger partial charge on any atom is -0.385 e. The van der Waals surface area contributed by atoms with Gasteiger partial charge in [0.15, 0.2) is 0 Å². The van der Waals surface area contributed by atoms with Crippen LogP contribution in [-0.4, -0.2) is 13.1 Å². The number of benzene rings is 2. The molecule has 0 aliphatic heterocycles. The number of rotatable bonds is 7. The zero-order chi connectivity index (χ0) is 15.1.